The molecule has 1 fully saturated rings. The lowest BCUT2D eigenvalue weighted by molar-refractivity contribution is -0.150. The fourth-order valence-corrected chi connectivity index (χ4v) is 11.5. The van der Waals surface area contributed by atoms with Crippen LogP contribution in [0.4, 0.5) is 4.79 Å². The number of nitrogens with zero attached hydrogens (tertiary/aromatic N) is 6. The van der Waals surface area contributed by atoms with E-state index < -0.39 is 114 Å². The Morgan fingerprint density at radius 3 is 1.57 bits per heavy atom. The normalized spacial score (nSPS) is 15.9. The number of nitrogens with one attached hydrogen (secondary N) is 3. The lowest BCUT2D eigenvalue weighted by Gasteiger charge is -2.40. The Morgan fingerprint density at radius 2 is 1.05 bits per heavy atom. The fraction of sp³-hybridized carbons (Fsp3) is 0.569. The van der Waals surface area contributed by atoms with Crippen LogP contribution in [-0.4, -0.2) is 198 Å². The minimum absolute atomic E-state index is 0.0302. The van der Waals surface area contributed by atoms with Gasteiger partial charge in [-0.2, -0.15) is 0 Å². The van der Waals surface area contributed by atoms with E-state index in [0.29, 0.717) is 18.4 Å². The second-order valence-corrected chi connectivity index (χ2v) is 24.4. The Kier molecular flexibility index (Phi) is 25.3. The summed E-state index contributed by atoms with van der Waals surface area (Å²) in [5, 5.41) is 17.9. The van der Waals surface area contributed by atoms with Gasteiger partial charge in [0.25, 0.3) is 0 Å². The molecule has 3 aromatic carbocycles. The van der Waals surface area contributed by atoms with Gasteiger partial charge in [-0.3, -0.25) is 48.1 Å². The van der Waals surface area contributed by atoms with Crippen molar-refractivity contribution in [3.8, 4) is 11.1 Å². The Bertz CT molecular complexity index is 2830. The average molecular weight is 1190 g/mol. The summed E-state index contributed by atoms with van der Waals surface area (Å²) in [5.41, 5.74) is 4.93. The number of carboxylic acids is 1. The second kappa shape index (κ2) is 31.5. The highest BCUT2D eigenvalue weighted by atomic mass is 16.6. The van der Waals surface area contributed by atoms with E-state index in [-0.39, 0.29) is 56.0 Å². The Balaban J connectivity index is 1.23. The van der Waals surface area contributed by atoms with Gasteiger partial charge in [0, 0.05) is 60.7 Å². The smallest absolute Gasteiger partial charge is 0.410 e. The maximum absolute atomic E-state index is 14.7. The lowest BCUT2D eigenvalue weighted by atomic mass is 9.82. The quantitative estimate of drug-likeness (QED) is 0.0661. The highest BCUT2D eigenvalue weighted by molar-refractivity contribution is 5.97. The first-order chi connectivity index (χ1) is 40.5. The van der Waals surface area contributed by atoms with Crippen LogP contribution in [-0.2, 0) is 54.3 Å². The molecule has 0 unspecified atom stereocenters. The molecule has 5 rings (SSSR count). The van der Waals surface area contributed by atoms with Crippen LogP contribution >= 0.6 is 0 Å². The Hall–Kier alpha value is -7.84. The zero-order chi connectivity index (χ0) is 63.9. The van der Waals surface area contributed by atoms with Crippen molar-refractivity contribution in [2.24, 2.45) is 17.8 Å². The zero-order valence-corrected chi connectivity index (χ0v) is 52.8. The number of hydrogen-bond donors (Lipinski definition) is 4. The number of benzene rings is 3. The molecule has 0 heterocycles. The van der Waals surface area contributed by atoms with Gasteiger partial charge in [0.1, 0.15) is 48.9 Å². The number of likely N-dealkylation sites (N-methyl/N-ethyl adjacent to an activating group) is 6. The number of amides is 9. The first-order valence-corrected chi connectivity index (χ1v) is 30.1. The molecule has 0 radical (unpaired) electrons. The molecular weight excluding hydrogens is 1100 g/mol. The van der Waals surface area contributed by atoms with E-state index >= 15 is 0 Å². The van der Waals surface area contributed by atoms with E-state index in [9.17, 15) is 53.1 Å². The molecule has 2 aliphatic carbocycles. The number of fused-ring (bicyclic) bond motifs is 3. The van der Waals surface area contributed by atoms with E-state index in [1.807, 2.05) is 82.3 Å². The van der Waals surface area contributed by atoms with Crippen molar-refractivity contribution in [3.63, 3.8) is 0 Å². The summed E-state index contributed by atoms with van der Waals surface area (Å²) in [5.74, 6) is -6.34. The minimum Gasteiger partial charge on any atom is -0.481 e. The van der Waals surface area contributed by atoms with Crippen molar-refractivity contribution in [2.45, 2.75) is 167 Å². The number of carbonyl (C=O) groups excluding carboxylic acids is 9. The summed E-state index contributed by atoms with van der Waals surface area (Å²) in [6.07, 6.45) is 3.49. The summed E-state index contributed by atoms with van der Waals surface area (Å²) in [7, 11) is 8.76. The standard InChI is InChI=1S/C65H93N9O12/c1-39(2)33-52(67-59(79)44(8)72(12)65(85)86-38-51-49-31-23-21-29-47(49)48-30-22-24-32-50(48)51)62(82)69(9)37-55(75)71(11)43(7)58(78)68-53(34-40(3)4)63(83)73(13)54(36-45-25-17-15-18-26-45)60(80)66-42(6)61(81)74(14)57(46-27-19-16-20-28-46)64(84)70(10)41(5)35-56(76)77/h15,17-18,21-26,29-32,39-44,46,51-54,57H,16,19-20,27-28,33-38H2,1-14H3,(H,66,80)(H,67,79)(H,68,78)(H,76,77)/t41-,42+,43+,44+,52+,53+,54+,57+/m1/s1. The molecule has 0 bridgehead atoms. The molecule has 0 aromatic heterocycles. The summed E-state index contributed by atoms with van der Waals surface area (Å²) in [6.45, 7) is 13.2. The number of ether oxygens (including phenoxy) is 1. The van der Waals surface area contributed by atoms with Crippen LogP contribution in [0.3, 0.4) is 0 Å². The third-order valence-electron chi connectivity index (χ3n) is 17.0. The number of carbonyl (C=O) groups is 10. The van der Waals surface area contributed by atoms with Crippen LogP contribution in [0.5, 0.6) is 0 Å². The lowest BCUT2D eigenvalue weighted by Crippen LogP contribution is -2.60. The van der Waals surface area contributed by atoms with Gasteiger partial charge in [0.2, 0.25) is 47.3 Å². The van der Waals surface area contributed by atoms with Crippen LogP contribution < -0.4 is 16.0 Å². The van der Waals surface area contributed by atoms with E-state index in [0.717, 1.165) is 46.4 Å². The molecule has 9 amide bonds. The molecule has 21 nitrogen and oxygen atoms in total. The third kappa shape index (κ3) is 17.9. The monoisotopic (exact) mass is 1190 g/mol. The highest BCUT2D eigenvalue weighted by Gasteiger charge is 2.42. The van der Waals surface area contributed by atoms with Gasteiger partial charge >= 0.3 is 12.1 Å². The van der Waals surface area contributed by atoms with Gasteiger partial charge in [0.05, 0.1) is 13.0 Å². The second-order valence-electron chi connectivity index (χ2n) is 24.4. The third-order valence-corrected chi connectivity index (χ3v) is 17.0. The molecule has 1 saturated carbocycles. The van der Waals surface area contributed by atoms with Crippen LogP contribution in [0, 0.1) is 17.8 Å². The molecule has 3 aromatic rings. The van der Waals surface area contributed by atoms with Gasteiger partial charge in [0.15, 0.2) is 0 Å². The predicted molar refractivity (Wildman–Crippen MR) is 327 cm³/mol. The van der Waals surface area contributed by atoms with E-state index in [1.54, 1.807) is 31.2 Å². The van der Waals surface area contributed by atoms with Crippen LogP contribution in [0.15, 0.2) is 78.9 Å². The summed E-state index contributed by atoms with van der Waals surface area (Å²) >= 11 is 0. The van der Waals surface area contributed by atoms with Crippen molar-refractivity contribution < 1.29 is 57.8 Å². The number of aliphatic carboxylic acids is 1. The zero-order valence-electron chi connectivity index (χ0n) is 52.8. The minimum atomic E-state index is -1.19. The van der Waals surface area contributed by atoms with Crippen molar-refractivity contribution in [1.82, 2.24) is 45.3 Å². The number of rotatable bonds is 28. The predicted octanol–water partition coefficient (Wildman–Crippen LogP) is 5.93. The van der Waals surface area contributed by atoms with Crippen molar-refractivity contribution in [2.75, 3.05) is 55.4 Å². The molecule has 470 valence electrons. The molecule has 0 spiro atoms. The molecule has 8 atom stereocenters. The summed E-state index contributed by atoms with van der Waals surface area (Å²) < 4.78 is 5.79. The Labute approximate surface area is 507 Å². The van der Waals surface area contributed by atoms with Crippen molar-refractivity contribution in [3.05, 3.63) is 95.6 Å². The fourth-order valence-electron chi connectivity index (χ4n) is 11.5. The Morgan fingerprint density at radius 1 is 0.547 bits per heavy atom. The molecule has 86 heavy (non-hydrogen) atoms. The molecule has 4 N–H and O–H groups in total. The number of hydrogen-bond acceptors (Lipinski definition) is 11. The summed E-state index contributed by atoms with van der Waals surface area (Å²) in [6, 6.07) is 16.5. The first kappa shape index (κ1) is 68.9. The average Bonchev–Trinajstić information content (AvgIpc) is 3.90. The van der Waals surface area contributed by atoms with Gasteiger partial charge in [-0.1, -0.05) is 126 Å². The van der Waals surface area contributed by atoms with Crippen molar-refractivity contribution in [1.29, 1.82) is 0 Å². The van der Waals surface area contributed by atoms with Crippen LogP contribution in [0.1, 0.15) is 129 Å². The maximum Gasteiger partial charge on any atom is 0.410 e. The highest BCUT2D eigenvalue weighted by Crippen LogP contribution is 2.44. The number of carboxylic acid groups (broad SMARTS) is 1. The van der Waals surface area contributed by atoms with Gasteiger partial charge in [-0.15, -0.1) is 0 Å². The van der Waals surface area contributed by atoms with E-state index in [1.165, 1.54) is 87.6 Å². The van der Waals surface area contributed by atoms with Crippen LogP contribution in [0.25, 0.3) is 11.1 Å². The topological polar surface area (TPSA) is 256 Å². The molecule has 0 aliphatic heterocycles. The van der Waals surface area contributed by atoms with Gasteiger partial charge in [-0.05, 0) is 98.9 Å². The molecule has 21 heteroatoms. The largest absolute Gasteiger partial charge is 0.481 e. The van der Waals surface area contributed by atoms with Crippen molar-refractivity contribution >= 4 is 59.3 Å². The molecular formula is C65H93N9O12. The van der Waals surface area contributed by atoms with E-state index in [2.05, 4.69) is 16.0 Å². The molecule has 2 aliphatic rings. The van der Waals surface area contributed by atoms with Gasteiger partial charge in [-0.25, -0.2) is 4.79 Å². The van der Waals surface area contributed by atoms with Gasteiger partial charge < -0.3 is 50.3 Å². The first-order valence-electron chi connectivity index (χ1n) is 30.1. The van der Waals surface area contributed by atoms with Crippen LogP contribution in [0.2, 0.25) is 0 Å². The maximum atomic E-state index is 14.7. The summed E-state index contributed by atoms with van der Waals surface area (Å²) in [4.78, 5) is 146. The SMILES string of the molecule is CC(C)C[C@H](NC(=O)[C@H](C)N(C)C(=O)OCC1c2ccccc2-c2ccccc21)C(=O)N(C)CC(=O)N(C)[C@@H](C)C(=O)N[C@@H](CC(C)C)C(=O)N(C)[C@@H](Cc1ccccc1)C(=O)N[C@@H](C)C(=O)N(C)[C@H](C(=O)N(C)[C@H](C)CC(=O)O)C1CCCCC1. The van der Waals surface area contributed by atoms with E-state index in [4.69, 9.17) is 4.74 Å². The molecule has 0 saturated heterocycles.